The number of rotatable bonds is 5. The Morgan fingerprint density at radius 2 is 1.93 bits per heavy atom. The molecule has 0 saturated carbocycles. The summed E-state index contributed by atoms with van der Waals surface area (Å²) in [6, 6.07) is 13.3. The fourth-order valence-corrected chi connectivity index (χ4v) is 3.63. The predicted octanol–water partition coefficient (Wildman–Crippen LogP) is 2.68. The average molecular weight is 459 g/mol. The van der Waals surface area contributed by atoms with Crippen molar-refractivity contribution in [1.82, 2.24) is 10.9 Å². The van der Waals surface area contributed by atoms with Crippen LogP contribution in [0.15, 0.2) is 46.9 Å². The number of halogens is 1. The number of carbonyl (C=O) groups is 3. The summed E-state index contributed by atoms with van der Waals surface area (Å²) in [5.74, 6) is -1.39. The molecule has 2 aromatic rings. The Labute approximate surface area is 177 Å². The molecule has 1 unspecified atom stereocenters. The van der Waals surface area contributed by atoms with Crippen molar-refractivity contribution in [3.8, 4) is 0 Å². The number of amides is 3. The van der Waals surface area contributed by atoms with Gasteiger partial charge in [-0.3, -0.25) is 25.2 Å². The summed E-state index contributed by atoms with van der Waals surface area (Å²) >= 11 is 3.38. The minimum absolute atomic E-state index is 0.0257. The number of hydrogen-bond donors (Lipinski definition) is 3. The molecule has 1 atom stereocenters. The third kappa shape index (κ3) is 5.35. The van der Waals surface area contributed by atoms with Gasteiger partial charge in [0.05, 0.1) is 12.5 Å². The SMILES string of the molecule is Cc1ccc(NCC(=O)NNC(=O)C2CC(=O)N(c3cccc(Br)c3)C2)c(C)c1. The number of nitrogens with one attached hydrogen (secondary N) is 3. The number of carbonyl (C=O) groups excluding carboxylic acids is 3. The van der Waals surface area contributed by atoms with E-state index in [1.54, 1.807) is 4.90 Å². The molecule has 0 aliphatic carbocycles. The van der Waals surface area contributed by atoms with Crippen LogP contribution < -0.4 is 21.1 Å². The zero-order chi connectivity index (χ0) is 21.0. The molecule has 3 amide bonds. The summed E-state index contributed by atoms with van der Waals surface area (Å²) in [7, 11) is 0. The van der Waals surface area contributed by atoms with E-state index in [4.69, 9.17) is 0 Å². The quantitative estimate of drug-likeness (QED) is 0.600. The Balaban J connectivity index is 1.48. The molecule has 152 valence electrons. The molecular weight excluding hydrogens is 436 g/mol. The molecule has 3 rings (SSSR count). The van der Waals surface area contributed by atoms with Gasteiger partial charge in [-0.05, 0) is 43.7 Å². The lowest BCUT2D eigenvalue weighted by atomic mass is 10.1. The predicted molar refractivity (Wildman–Crippen MR) is 115 cm³/mol. The topological polar surface area (TPSA) is 90.5 Å². The maximum atomic E-state index is 12.4. The van der Waals surface area contributed by atoms with Gasteiger partial charge in [-0.25, -0.2) is 0 Å². The molecule has 1 saturated heterocycles. The summed E-state index contributed by atoms with van der Waals surface area (Å²) in [6.07, 6.45) is 0.106. The fourth-order valence-electron chi connectivity index (χ4n) is 3.24. The second-order valence-corrected chi connectivity index (χ2v) is 8.01. The zero-order valence-electron chi connectivity index (χ0n) is 16.3. The number of nitrogens with zero attached hydrogens (tertiary/aromatic N) is 1. The average Bonchev–Trinajstić information content (AvgIpc) is 3.07. The van der Waals surface area contributed by atoms with Crippen molar-refractivity contribution in [2.45, 2.75) is 20.3 Å². The van der Waals surface area contributed by atoms with E-state index in [0.29, 0.717) is 0 Å². The summed E-state index contributed by atoms with van der Waals surface area (Å²) in [4.78, 5) is 38.3. The van der Waals surface area contributed by atoms with Gasteiger partial charge in [0.1, 0.15) is 0 Å². The van der Waals surface area contributed by atoms with Crippen LogP contribution in [0.4, 0.5) is 11.4 Å². The van der Waals surface area contributed by atoms with Crippen LogP contribution in [0.25, 0.3) is 0 Å². The van der Waals surface area contributed by atoms with Crippen LogP contribution in [-0.2, 0) is 14.4 Å². The Hall–Kier alpha value is -2.87. The molecule has 0 spiro atoms. The van der Waals surface area contributed by atoms with Crippen LogP contribution in [0.2, 0.25) is 0 Å². The Bertz CT molecular complexity index is 947. The third-order valence-electron chi connectivity index (χ3n) is 4.76. The number of hydrazine groups is 1. The van der Waals surface area contributed by atoms with Crippen molar-refractivity contribution in [3.63, 3.8) is 0 Å². The van der Waals surface area contributed by atoms with Gasteiger partial charge in [0.15, 0.2) is 0 Å². The molecule has 3 N–H and O–H groups in total. The van der Waals surface area contributed by atoms with Gasteiger partial charge in [-0.2, -0.15) is 0 Å². The smallest absolute Gasteiger partial charge is 0.257 e. The highest BCUT2D eigenvalue weighted by Gasteiger charge is 2.35. The molecule has 1 heterocycles. The highest BCUT2D eigenvalue weighted by Crippen LogP contribution is 2.27. The third-order valence-corrected chi connectivity index (χ3v) is 5.26. The first-order chi connectivity index (χ1) is 13.8. The van der Waals surface area contributed by atoms with Crippen LogP contribution in [0.1, 0.15) is 17.5 Å². The number of anilines is 2. The second kappa shape index (κ2) is 9.09. The number of hydrogen-bond acceptors (Lipinski definition) is 4. The van der Waals surface area contributed by atoms with E-state index >= 15 is 0 Å². The standard InChI is InChI=1S/C21H23BrN4O3/c1-13-6-7-18(14(2)8-13)23-11-19(27)24-25-21(29)15-9-20(28)26(12-15)17-5-3-4-16(22)10-17/h3-8,10,15,23H,9,11-12H2,1-2H3,(H,24,27)(H,25,29). The molecule has 1 aliphatic heterocycles. The fraction of sp³-hybridized carbons (Fsp3) is 0.286. The Morgan fingerprint density at radius 1 is 1.14 bits per heavy atom. The first kappa shape index (κ1) is 20.9. The van der Waals surface area contributed by atoms with E-state index in [2.05, 4.69) is 32.1 Å². The number of benzene rings is 2. The molecule has 2 aromatic carbocycles. The maximum absolute atomic E-state index is 12.4. The van der Waals surface area contributed by atoms with Gasteiger partial charge in [0.25, 0.3) is 5.91 Å². The van der Waals surface area contributed by atoms with Gasteiger partial charge in [-0.1, -0.05) is 39.7 Å². The minimum Gasteiger partial charge on any atom is -0.376 e. The van der Waals surface area contributed by atoms with Crippen LogP contribution in [0.5, 0.6) is 0 Å². The highest BCUT2D eigenvalue weighted by atomic mass is 79.9. The molecule has 0 bridgehead atoms. The maximum Gasteiger partial charge on any atom is 0.257 e. The van der Waals surface area contributed by atoms with Gasteiger partial charge in [-0.15, -0.1) is 0 Å². The second-order valence-electron chi connectivity index (χ2n) is 7.09. The zero-order valence-corrected chi connectivity index (χ0v) is 17.9. The van der Waals surface area contributed by atoms with Crippen molar-refractivity contribution in [2.24, 2.45) is 5.92 Å². The molecule has 0 radical (unpaired) electrons. The lowest BCUT2D eigenvalue weighted by molar-refractivity contribution is -0.130. The van der Waals surface area contributed by atoms with Crippen LogP contribution in [-0.4, -0.2) is 30.8 Å². The molecule has 8 heteroatoms. The van der Waals surface area contributed by atoms with Gasteiger partial charge < -0.3 is 10.2 Å². The first-order valence-electron chi connectivity index (χ1n) is 9.29. The van der Waals surface area contributed by atoms with Crippen molar-refractivity contribution >= 4 is 45.0 Å². The van der Waals surface area contributed by atoms with Gasteiger partial charge in [0.2, 0.25) is 11.8 Å². The monoisotopic (exact) mass is 458 g/mol. The molecule has 0 aromatic heterocycles. The van der Waals surface area contributed by atoms with Crippen LogP contribution in [0.3, 0.4) is 0 Å². The molecule has 7 nitrogen and oxygen atoms in total. The van der Waals surface area contributed by atoms with E-state index in [1.165, 1.54) is 0 Å². The molecule has 29 heavy (non-hydrogen) atoms. The Kier molecular flexibility index (Phi) is 6.53. The summed E-state index contributed by atoms with van der Waals surface area (Å²) in [6.45, 7) is 4.27. The summed E-state index contributed by atoms with van der Waals surface area (Å²) in [5, 5.41) is 3.04. The number of aryl methyl sites for hydroxylation is 2. The van der Waals surface area contributed by atoms with Crippen LogP contribution >= 0.6 is 15.9 Å². The van der Waals surface area contributed by atoms with Gasteiger partial charge >= 0.3 is 0 Å². The van der Waals surface area contributed by atoms with Crippen LogP contribution in [0, 0.1) is 19.8 Å². The van der Waals surface area contributed by atoms with Gasteiger partial charge in [0, 0.05) is 28.8 Å². The van der Waals surface area contributed by atoms with E-state index in [0.717, 1.165) is 27.0 Å². The van der Waals surface area contributed by atoms with Crippen molar-refractivity contribution < 1.29 is 14.4 Å². The summed E-state index contributed by atoms with van der Waals surface area (Å²) < 4.78 is 0.860. The van der Waals surface area contributed by atoms with Crippen molar-refractivity contribution in [3.05, 3.63) is 58.1 Å². The molecular formula is C21H23BrN4O3. The van der Waals surface area contributed by atoms with Crippen molar-refractivity contribution in [2.75, 3.05) is 23.3 Å². The molecule has 1 aliphatic rings. The lowest BCUT2D eigenvalue weighted by Crippen LogP contribution is -2.47. The highest BCUT2D eigenvalue weighted by molar-refractivity contribution is 9.10. The van der Waals surface area contributed by atoms with E-state index in [1.807, 2.05) is 56.3 Å². The lowest BCUT2D eigenvalue weighted by Gasteiger charge is -2.17. The first-order valence-corrected chi connectivity index (χ1v) is 10.1. The van der Waals surface area contributed by atoms with Crippen molar-refractivity contribution in [1.29, 1.82) is 0 Å². The van der Waals surface area contributed by atoms with E-state index in [-0.39, 0.29) is 37.2 Å². The summed E-state index contributed by atoms with van der Waals surface area (Å²) in [5.41, 5.74) is 8.61. The minimum atomic E-state index is -0.519. The van der Waals surface area contributed by atoms with E-state index in [9.17, 15) is 14.4 Å². The van der Waals surface area contributed by atoms with E-state index < -0.39 is 5.92 Å². The largest absolute Gasteiger partial charge is 0.376 e. The molecule has 1 fully saturated rings. The Morgan fingerprint density at radius 3 is 2.66 bits per heavy atom. The normalized spacial score (nSPS) is 15.9.